The first-order valence-electron chi connectivity index (χ1n) is 6.62. The van der Waals surface area contributed by atoms with Crippen LogP contribution in [0.2, 0.25) is 0 Å². The molecule has 0 spiro atoms. The van der Waals surface area contributed by atoms with Gasteiger partial charge in [0, 0.05) is 0 Å². The van der Waals surface area contributed by atoms with Gasteiger partial charge >= 0.3 is 0 Å². The summed E-state index contributed by atoms with van der Waals surface area (Å²) < 4.78 is 7.18. The summed E-state index contributed by atoms with van der Waals surface area (Å²) in [6.45, 7) is 3.69. The number of nitrogens with one attached hydrogen (secondary N) is 1. The first-order chi connectivity index (χ1) is 10.6. The van der Waals surface area contributed by atoms with Crippen LogP contribution in [-0.2, 0) is 0 Å². The average molecular weight is 314 g/mol. The maximum absolute atomic E-state index is 9.80. The van der Waals surface area contributed by atoms with E-state index in [-0.39, 0.29) is 0 Å². The largest absolute Gasteiger partial charge is 0.507 e. The third-order valence-electron chi connectivity index (χ3n) is 3.23. The lowest BCUT2D eigenvalue weighted by molar-refractivity contribution is 0.467. The van der Waals surface area contributed by atoms with Crippen molar-refractivity contribution in [2.24, 2.45) is 5.10 Å². The molecule has 0 aliphatic heterocycles. The third-order valence-corrected chi connectivity index (χ3v) is 3.49. The number of phenolic OH excluding ortho intramolecular Hbond substituents is 1. The van der Waals surface area contributed by atoms with E-state index in [2.05, 4.69) is 15.3 Å². The predicted octanol–water partition coefficient (Wildman–Crippen LogP) is 3.41. The Morgan fingerprint density at radius 1 is 1.36 bits per heavy atom. The summed E-state index contributed by atoms with van der Waals surface area (Å²) in [4.78, 5) is 0. The Kier molecular flexibility index (Phi) is 3.64. The van der Waals surface area contributed by atoms with Gasteiger partial charge in [-0.05, 0) is 67.0 Å². The average Bonchev–Trinajstić information content (AvgIpc) is 3.12. The van der Waals surface area contributed by atoms with Gasteiger partial charge < -0.3 is 9.52 Å². The van der Waals surface area contributed by atoms with Crippen LogP contribution in [0.25, 0.3) is 11.6 Å². The molecule has 0 atom stereocenters. The van der Waals surface area contributed by atoms with Crippen molar-refractivity contribution in [3.63, 3.8) is 0 Å². The molecule has 22 heavy (non-hydrogen) atoms. The lowest BCUT2D eigenvalue weighted by Crippen LogP contribution is -1.95. The summed E-state index contributed by atoms with van der Waals surface area (Å²) in [5.41, 5.74) is 2.45. The van der Waals surface area contributed by atoms with Gasteiger partial charge in [-0.15, -0.1) is 5.10 Å². The van der Waals surface area contributed by atoms with Gasteiger partial charge in [-0.25, -0.2) is 5.10 Å². The van der Waals surface area contributed by atoms with Gasteiger partial charge in [-0.3, -0.25) is 0 Å². The van der Waals surface area contributed by atoms with Crippen molar-refractivity contribution in [3.05, 3.63) is 52.0 Å². The van der Waals surface area contributed by atoms with E-state index in [1.807, 2.05) is 26.0 Å². The van der Waals surface area contributed by atoms with E-state index in [1.54, 1.807) is 24.6 Å². The van der Waals surface area contributed by atoms with Gasteiger partial charge in [0.05, 0.1) is 12.5 Å². The molecule has 1 aromatic carbocycles. The first-order valence-corrected chi connectivity index (χ1v) is 7.03. The third kappa shape index (κ3) is 2.58. The molecule has 2 N–H and O–H groups in total. The highest BCUT2D eigenvalue weighted by atomic mass is 32.1. The van der Waals surface area contributed by atoms with Gasteiger partial charge in [0.25, 0.3) is 0 Å². The summed E-state index contributed by atoms with van der Waals surface area (Å²) in [5, 5.41) is 21.0. The number of aromatic amines is 1. The van der Waals surface area contributed by atoms with E-state index in [0.717, 1.165) is 16.7 Å². The summed E-state index contributed by atoms with van der Waals surface area (Å²) in [6.07, 6.45) is 3.23. The van der Waals surface area contributed by atoms with Crippen molar-refractivity contribution >= 4 is 18.4 Å². The van der Waals surface area contributed by atoms with Crippen molar-refractivity contribution in [3.8, 4) is 17.3 Å². The number of aromatic nitrogens is 3. The van der Waals surface area contributed by atoms with Crippen LogP contribution >= 0.6 is 12.2 Å². The lowest BCUT2D eigenvalue weighted by Gasteiger charge is -2.04. The van der Waals surface area contributed by atoms with Gasteiger partial charge in [-0.1, -0.05) is 0 Å². The summed E-state index contributed by atoms with van der Waals surface area (Å²) in [5.74, 6) is 1.37. The van der Waals surface area contributed by atoms with Gasteiger partial charge in [0.2, 0.25) is 10.6 Å². The first kappa shape index (κ1) is 14.3. The molecular formula is C15H14N4O2S. The fourth-order valence-electron chi connectivity index (χ4n) is 2.15. The Bertz CT molecular complexity index is 868. The van der Waals surface area contributed by atoms with Crippen molar-refractivity contribution < 1.29 is 9.52 Å². The predicted molar refractivity (Wildman–Crippen MR) is 85.7 cm³/mol. The molecule has 0 aliphatic rings. The molecule has 6 nitrogen and oxygen atoms in total. The number of hydrogen-bond acceptors (Lipinski definition) is 5. The quantitative estimate of drug-likeness (QED) is 0.573. The Hall–Kier alpha value is -2.67. The maximum atomic E-state index is 9.80. The van der Waals surface area contributed by atoms with E-state index in [0.29, 0.717) is 22.1 Å². The minimum absolute atomic E-state index is 0.299. The van der Waals surface area contributed by atoms with Crippen LogP contribution in [0.4, 0.5) is 0 Å². The molecule has 3 aromatic rings. The molecular weight excluding hydrogens is 300 g/mol. The minimum Gasteiger partial charge on any atom is -0.507 e. The zero-order valence-corrected chi connectivity index (χ0v) is 12.9. The van der Waals surface area contributed by atoms with Gasteiger partial charge in [0.15, 0.2) is 5.76 Å². The normalized spacial score (nSPS) is 11.4. The number of aromatic hydroxyl groups is 1. The second-order valence-corrected chi connectivity index (χ2v) is 5.28. The van der Waals surface area contributed by atoms with Crippen LogP contribution in [-0.4, -0.2) is 26.2 Å². The van der Waals surface area contributed by atoms with Crippen LogP contribution in [0.15, 0.2) is 40.0 Å². The van der Waals surface area contributed by atoms with E-state index >= 15 is 0 Å². The highest BCUT2D eigenvalue weighted by Crippen LogP contribution is 2.22. The van der Waals surface area contributed by atoms with Gasteiger partial charge in [0.1, 0.15) is 5.75 Å². The van der Waals surface area contributed by atoms with Crippen LogP contribution in [0.3, 0.4) is 0 Å². The monoisotopic (exact) mass is 314 g/mol. The van der Waals surface area contributed by atoms with Crippen molar-refractivity contribution in [2.45, 2.75) is 13.8 Å². The molecule has 0 unspecified atom stereocenters. The summed E-state index contributed by atoms with van der Waals surface area (Å²) >= 11 is 5.18. The van der Waals surface area contributed by atoms with Crippen LogP contribution < -0.4 is 0 Å². The molecule has 2 heterocycles. The second-order valence-electron chi connectivity index (χ2n) is 4.89. The standard InChI is InChI=1S/C15H14N4O2S/c1-9-6-11(7-10(2)13(9)20)8-16-19-14(17-18-15(19)22)12-4-3-5-21-12/h3-8,20H,1-2H3,(H,18,22)/b16-8+. The number of hydrogen-bond donors (Lipinski definition) is 2. The molecule has 0 radical (unpaired) electrons. The number of phenols is 1. The number of rotatable bonds is 3. The molecule has 7 heteroatoms. The molecule has 2 aromatic heterocycles. The number of nitrogens with zero attached hydrogens (tertiary/aromatic N) is 3. The Morgan fingerprint density at radius 2 is 2.09 bits per heavy atom. The topological polar surface area (TPSA) is 79.3 Å². The zero-order valence-electron chi connectivity index (χ0n) is 12.1. The summed E-state index contributed by atoms with van der Waals surface area (Å²) in [6, 6.07) is 7.25. The van der Waals surface area contributed by atoms with Gasteiger partial charge in [-0.2, -0.15) is 9.78 Å². The van der Waals surface area contributed by atoms with Crippen molar-refractivity contribution in [1.29, 1.82) is 0 Å². The highest BCUT2D eigenvalue weighted by Gasteiger charge is 2.10. The molecule has 0 fully saturated rings. The van der Waals surface area contributed by atoms with E-state index in [4.69, 9.17) is 16.6 Å². The molecule has 0 saturated heterocycles. The Labute approximate surface area is 131 Å². The maximum Gasteiger partial charge on any atom is 0.219 e. The minimum atomic E-state index is 0.299. The number of benzene rings is 1. The van der Waals surface area contributed by atoms with Crippen LogP contribution in [0, 0.1) is 18.6 Å². The Morgan fingerprint density at radius 3 is 2.73 bits per heavy atom. The van der Waals surface area contributed by atoms with E-state index < -0.39 is 0 Å². The fraction of sp³-hybridized carbons (Fsp3) is 0.133. The molecule has 0 aliphatic carbocycles. The fourth-order valence-corrected chi connectivity index (χ4v) is 2.33. The number of aryl methyl sites for hydroxylation is 2. The Balaban J connectivity index is 2.00. The van der Waals surface area contributed by atoms with E-state index in [9.17, 15) is 5.11 Å². The van der Waals surface area contributed by atoms with Crippen molar-refractivity contribution in [1.82, 2.24) is 14.9 Å². The molecule has 0 bridgehead atoms. The molecule has 0 amide bonds. The number of H-pyrrole nitrogens is 1. The highest BCUT2D eigenvalue weighted by molar-refractivity contribution is 7.71. The van der Waals surface area contributed by atoms with E-state index in [1.165, 1.54) is 4.68 Å². The molecule has 0 saturated carbocycles. The van der Waals surface area contributed by atoms with Crippen LogP contribution in [0.5, 0.6) is 5.75 Å². The molecule has 3 rings (SSSR count). The second kappa shape index (κ2) is 5.61. The van der Waals surface area contributed by atoms with Crippen molar-refractivity contribution in [2.75, 3.05) is 0 Å². The SMILES string of the molecule is Cc1cc(/C=N/n2c(-c3ccco3)n[nH]c2=S)cc(C)c1O. The lowest BCUT2D eigenvalue weighted by atomic mass is 10.1. The number of furan rings is 1. The smallest absolute Gasteiger partial charge is 0.219 e. The molecule has 112 valence electrons. The summed E-state index contributed by atoms with van der Waals surface area (Å²) in [7, 11) is 0. The zero-order chi connectivity index (χ0) is 15.7. The van der Waals surface area contributed by atoms with Crippen LogP contribution in [0.1, 0.15) is 16.7 Å².